The Bertz CT molecular complexity index is 1250. The van der Waals surface area contributed by atoms with E-state index in [0.29, 0.717) is 12.6 Å². The molecule has 1 aliphatic heterocycles. The number of aryl methyl sites for hydroxylation is 1. The summed E-state index contributed by atoms with van der Waals surface area (Å²) >= 11 is 0. The highest BCUT2D eigenvalue weighted by molar-refractivity contribution is 5.86. The number of aromatic nitrogens is 2. The molecule has 3 aromatic carbocycles. The Balaban J connectivity index is 1.31. The molecule has 1 unspecified atom stereocenters. The van der Waals surface area contributed by atoms with Gasteiger partial charge in [-0.3, -0.25) is 9.69 Å². The second-order valence-corrected chi connectivity index (χ2v) is 8.32. The first-order chi connectivity index (χ1) is 15.8. The molecule has 1 aliphatic rings. The second kappa shape index (κ2) is 9.47. The van der Waals surface area contributed by atoms with Crippen molar-refractivity contribution in [3.05, 3.63) is 101 Å². The molecule has 0 spiro atoms. The lowest BCUT2D eigenvalue weighted by Gasteiger charge is -2.37. The maximum atomic E-state index is 12.4. The molecule has 162 valence electrons. The summed E-state index contributed by atoms with van der Waals surface area (Å²) in [5.41, 5.74) is 3.19. The van der Waals surface area contributed by atoms with Gasteiger partial charge in [0.25, 0.3) is 5.56 Å². The first-order valence-electron chi connectivity index (χ1n) is 11.4. The lowest BCUT2D eigenvalue weighted by atomic mass is 9.96. The van der Waals surface area contributed by atoms with Gasteiger partial charge >= 0.3 is 0 Å². The Kier molecular flexibility index (Phi) is 6.10. The molecular weight excluding hydrogens is 396 g/mol. The fourth-order valence-electron chi connectivity index (χ4n) is 4.66. The minimum atomic E-state index is -0.0457. The Morgan fingerprint density at radius 1 is 0.875 bits per heavy atom. The molecule has 5 rings (SSSR count). The summed E-state index contributed by atoms with van der Waals surface area (Å²) < 4.78 is 1.61. The van der Waals surface area contributed by atoms with Gasteiger partial charge in [0.15, 0.2) is 0 Å². The number of hydrogen-bond donors (Lipinski definition) is 1. The molecule has 0 aliphatic carbocycles. The van der Waals surface area contributed by atoms with Crippen molar-refractivity contribution in [3.63, 3.8) is 0 Å². The Morgan fingerprint density at radius 2 is 1.69 bits per heavy atom. The normalized spacial score (nSPS) is 16.9. The summed E-state index contributed by atoms with van der Waals surface area (Å²) in [5.74, 6) is 0. The zero-order valence-electron chi connectivity index (χ0n) is 18.2. The first-order valence-corrected chi connectivity index (χ1v) is 11.4. The number of nitrogens with one attached hydrogen (secondary N) is 1. The highest BCUT2D eigenvalue weighted by Gasteiger charge is 2.24. The van der Waals surface area contributed by atoms with Gasteiger partial charge in [-0.05, 0) is 28.8 Å². The third-order valence-electron chi connectivity index (χ3n) is 6.29. The smallest absolute Gasteiger partial charge is 0.266 e. The number of fused-ring (bicyclic) bond motifs is 1. The Hall–Kier alpha value is -3.28. The molecule has 0 bridgehead atoms. The van der Waals surface area contributed by atoms with E-state index >= 15 is 0 Å². The van der Waals surface area contributed by atoms with Gasteiger partial charge in [-0.15, -0.1) is 0 Å². The molecule has 0 saturated carbocycles. The van der Waals surface area contributed by atoms with Crippen molar-refractivity contribution in [1.29, 1.82) is 0 Å². The maximum absolute atomic E-state index is 12.4. The van der Waals surface area contributed by atoms with Gasteiger partial charge in [0.05, 0.1) is 5.69 Å². The predicted molar refractivity (Wildman–Crippen MR) is 130 cm³/mol. The van der Waals surface area contributed by atoms with Crippen molar-refractivity contribution < 1.29 is 0 Å². The van der Waals surface area contributed by atoms with E-state index in [0.717, 1.165) is 43.9 Å². The van der Waals surface area contributed by atoms with Crippen LogP contribution in [0, 0.1) is 0 Å². The standard InChI is InChI=1S/C27H28N4O/c32-27-15-14-25(22-9-2-1-3-10-22)29-31(27)18-7-17-30-19-16-28-20-26(30)24-13-6-11-21-8-4-5-12-23(21)24/h1-6,8-15,26,28H,7,16-20H2. The molecular formula is C27H28N4O. The number of rotatable bonds is 6. The first kappa shape index (κ1) is 20.6. The molecule has 1 atom stereocenters. The van der Waals surface area contributed by atoms with E-state index in [4.69, 9.17) is 0 Å². The van der Waals surface area contributed by atoms with Gasteiger partial charge in [0.1, 0.15) is 0 Å². The second-order valence-electron chi connectivity index (χ2n) is 8.32. The lowest BCUT2D eigenvalue weighted by molar-refractivity contribution is 0.158. The molecule has 32 heavy (non-hydrogen) atoms. The van der Waals surface area contributed by atoms with Gasteiger partial charge in [-0.25, -0.2) is 4.68 Å². The van der Waals surface area contributed by atoms with Gasteiger partial charge in [-0.2, -0.15) is 5.10 Å². The minimum Gasteiger partial charge on any atom is -0.314 e. The third-order valence-corrected chi connectivity index (χ3v) is 6.29. The van der Waals surface area contributed by atoms with E-state index in [-0.39, 0.29) is 5.56 Å². The van der Waals surface area contributed by atoms with Crippen LogP contribution < -0.4 is 10.9 Å². The quantitative estimate of drug-likeness (QED) is 0.506. The van der Waals surface area contributed by atoms with Crippen LogP contribution in [-0.2, 0) is 6.54 Å². The van der Waals surface area contributed by atoms with Gasteiger partial charge < -0.3 is 5.32 Å². The predicted octanol–water partition coefficient (Wildman–Crippen LogP) is 4.10. The van der Waals surface area contributed by atoms with E-state index in [2.05, 4.69) is 57.8 Å². The molecule has 1 aromatic heterocycles. The number of piperazine rings is 1. The Morgan fingerprint density at radius 3 is 2.59 bits per heavy atom. The highest BCUT2D eigenvalue weighted by atomic mass is 16.1. The van der Waals surface area contributed by atoms with Crippen LogP contribution in [0.15, 0.2) is 89.7 Å². The summed E-state index contributed by atoms with van der Waals surface area (Å²) in [7, 11) is 0. The zero-order valence-corrected chi connectivity index (χ0v) is 18.2. The number of benzene rings is 3. The number of nitrogens with zero attached hydrogens (tertiary/aromatic N) is 3. The van der Waals surface area contributed by atoms with Crippen LogP contribution in [-0.4, -0.2) is 40.9 Å². The monoisotopic (exact) mass is 424 g/mol. The molecule has 4 aromatic rings. The highest BCUT2D eigenvalue weighted by Crippen LogP contribution is 2.29. The van der Waals surface area contributed by atoms with Crippen molar-refractivity contribution in [3.8, 4) is 11.3 Å². The maximum Gasteiger partial charge on any atom is 0.266 e. The van der Waals surface area contributed by atoms with Crippen molar-refractivity contribution in [2.24, 2.45) is 0 Å². The molecule has 1 N–H and O–H groups in total. The molecule has 0 radical (unpaired) electrons. The molecule has 1 saturated heterocycles. The van der Waals surface area contributed by atoms with E-state index in [1.165, 1.54) is 16.3 Å². The SMILES string of the molecule is O=c1ccc(-c2ccccc2)nn1CCCN1CCNCC1c1cccc2ccccc12. The fourth-order valence-corrected chi connectivity index (χ4v) is 4.66. The van der Waals surface area contributed by atoms with Crippen LogP contribution in [0.25, 0.3) is 22.0 Å². The van der Waals surface area contributed by atoms with Crippen LogP contribution in [0.2, 0.25) is 0 Å². The summed E-state index contributed by atoms with van der Waals surface area (Å²) in [4.78, 5) is 14.9. The topological polar surface area (TPSA) is 50.2 Å². The molecule has 1 fully saturated rings. The van der Waals surface area contributed by atoms with Crippen LogP contribution in [0.3, 0.4) is 0 Å². The lowest BCUT2D eigenvalue weighted by Crippen LogP contribution is -2.46. The molecule has 2 heterocycles. The third kappa shape index (κ3) is 4.35. The van der Waals surface area contributed by atoms with E-state index in [1.807, 2.05) is 30.3 Å². The summed E-state index contributed by atoms with van der Waals surface area (Å²) in [5, 5.41) is 10.8. The Labute approximate surface area is 188 Å². The fraction of sp³-hybridized carbons (Fsp3) is 0.259. The number of hydrogen-bond acceptors (Lipinski definition) is 4. The van der Waals surface area contributed by atoms with Crippen molar-refractivity contribution in [2.75, 3.05) is 26.2 Å². The van der Waals surface area contributed by atoms with E-state index in [9.17, 15) is 4.79 Å². The van der Waals surface area contributed by atoms with Crippen LogP contribution in [0.1, 0.15) is 18.0 Å². The summed E-state index contributed by atoms with van der Waals surface area (Å²) in [6, 6.07) is 29.0. The summed E-state index contributed by atoms with van der Waals surface area (Å²) in [6.07, 6.45) is 0.881. The van der Waals surface area contributed by atoms with Crippen molar-refractivity contribution in [2.45, 2.75) is 19.0 Å². The van der Waals surface area contributed by atoms with Crippen LogP contribution >= 0.6 is 0 Å². The van der Waals surface area contributed by atoms with Crippen LogP contribution in [0.5, 0.6) is 0 Å². The molecule has 0 amide bonds. The van der Waals surface area contributed by atoms with Crippen molar-refractivity contribution >= 4 is 10.8 Å². The van der Waals surface area contributed by atoms with Gasteiger partial charge in [0, 0.05) is 50.4 Å². The van der Waals surface area contributed by atoms with E-state index in [1.54, 1.807) is 16.8 Å². The van der Waals surface area contributed by atoms with Crippen molar-refractivity contribution in [1.82, 2.24) is 20.0 Å². The minimum absolute atomic E-state index is 0.0457. The summed E-state index contributed by atoms with van der Waals surface area (Å²) in [6.45, 7) is 4.48. The largest absolute Gasteiger partial charge is 0.314 e. The average Bonchev–Trinajstić information content (AvgIpc) is 2.86. The van der Waals surface area contributed by atoms with E-state index < -0.39 is 0 Å². The van der Waals surface area contributed by atoms with Crippen LogP contribution in [0.4, 0.5) is 0 Å². The molecule has 5 heteroatoms. The molecule has 5 nitrogen and oxygen atoms in total. The van der Waals surface area contributed by atoms with Gasteiger partial charge in [-0.1, -0.05) is 72.8 Å². The van der Waals surface area contributed by atoms with Gasteiger partial charge in [0.2, 0.25) is 0 Å². The average molecular weight is 425 g/mol. The zero-order chi connectivity index (χ0) is 21.8.